The third kappa shape index (κ3) is 2.99. The summed E-state index contributed by atoms with van der Waals surface area (Å²) in [6, 6.07) is 7.34. The zero-order chi connectivity index (χ0) is 14.8. The standard InChI is InChI=1S/C14H17ClN4O/c1-14(2,10-4-6-11(15)7-5-10)13(20)19(3)8-12-16-9-17-18-12/h4-7,9H,8H2,1-3H3,(H,16,17,18). The van der Waals surface area contributed by atoms with E-state index in [9.17, 15) is 4.79 Å². The summed E-state index contributed by atoms with van der Waals surface area (Å²) in [5, 5.41) is 7.18. The van der Waals surface area contributed by atoms with Crippen molar-refractivity contribution in [3.05, 3.63) is 47.0 Å². The van der Waals surface area contributed by atoms with E-state index >= 15 is 0 Å². The van der Waals surface area contributed by atoms with Crippen molar-refractivity contribution < 1.29 is 4.79 Å². The van der Waals surface area contributed by atoms with Crippen LogP contribution in [0.25, 0.3) is 0 Å². The predicted octanol–water partition coefficient (Wildman–Crippen LogP) is 2.39. The molecule has 0 aliphatic heterocycles. The smallest absolute Gasteiger partial charge is 0.232 e. The molecule has 0 saturated heterocycles. The van der Waals surface area contributed by atoms with Gasteiger partial charge in [0.25, 0.3) is 0 Å². The Kier molecular flexibility index (Phi) is 4.09. The highest BCUT2D eigenvalue weighted by Gasteiger charge is 2.32. The van der Waals surface area contributed by atoms with E-state index in [-0.39, 0.29) is 5.91 Å². The molecule has 0 fully saturated rings. The van der Waals surface area contributed by atoms with Crippen LogP contribution in [0.2, 0.25) is 5.02 Å². The molecular formula is C14H17ClN4O. The van der Waals surface area contributed by atoms with E-state index in [0.29, 0.717) is 17.4 Å². The lowest BCUT2D eigenvalue weighted by molar-refractivity contribution is -0.135. The van der Waals surface area contributed by atoms with Gasteiger partial charge in [-0.25, -0.2) is 4.98 Å². The van der Waals surface area contributed by atoms with Crippen molar-refractivity contribution in [2.75, 3.05) is 7.05 Å². The second kappa shape index (κ2) is 5.63. The minimum Gasteiger partial charge on any atom is -0.337 e. The van der Waals surface area contributed by atoms with Crippen LogP contribution in [-0.4, -0.2) is 33.0 Å². The summed E-state index contributed by atoms with van der Waals surface area (Å²) in [6.45, 7) is 4.20. The lowest BCUT2D eigenvalue weighted by Crippen LogP contribution is -2.41. The minimum absolute atomic E-state index is 0.0104. The Hall–Kier alpha value is -1.88. The Labute approximate surface area is 123 Å². The molecule has 1 heterocycles. The summed E-state index contributed by atoms with van der Waals surface area (Å²) in [6.07, 6.45) is 1.43. The van der Waals surface area contributed by atoms with Gasteiger partial charge in [-0.3, -0.25) is 9.89 Å². The molecule has 1 aromatic carbocycles. The normalized spacial score (nSPS) is 11.4. The number of carbonyl (C=O) groups is 1. The lowest BCUT2D eigenvalue weighted by Gasteiger charge is -2.29. The van der Waals surface area contributed by atoms with Crippen molar-refractivity contribution in [1.82, 2.24) is 20.1 Å². The molecule has 6 heteroatoms. The number of carbonyl (C=O) groups excluding carboxylic acids is 1. The van der Waals surface area contributed by atoms with Crippen LogP contribution in [0, 0.1) is 0 Å². The number of rotatable bonds is 4. The first-order chi connectivity index (χ1) is 9.41. The third-order valence-electron chi connectivity index (χ3n) is 3.30. The quantitative estimate of drug-likeness (QED) is 0.941. The second-order valence-electron chi connectivity index (χ2n) is 5.23. The van der Waals surface area contributed by atoms with Gasteiger partial charge in [-0.1, -0.05) is 23.7 Å². The van der Waals surface area contributed by atoms with Gasteiger partial charge >= 0.3 is 0 Å². The molecule has 2 rings (SSSR count). The molecule has 0 atom stereocenters. The van der Waals surface area contributed by atoms with Crippen molar-refractivity contribution >= 4 is 17.5 Å². The van der Waals surface area contributed by atoms with Crippen molar-refractivity contribution in [2.45, 2.75) is 25.8 Å². The van der Waals surface area contributed by atoms with Gasteiger partial charge in [0.15, 0.2) is 0 Å². The fraction of sp³-hybridized carbons (Fsp3) is 0.357. The third-order valence-corrected chi connectivity index (χ3v) is 3.55. The summed E-state index contributed by atoms with van der Waals surface area (Å²) < 4.78 is 0. The SMILES string of the molecule is CN(Cc1ncn[nH]1)C(=O)C(C)(C)c1ccc(Cl)cc1. The van der Waals surface area contributed by atoms with Crippen LogP contribution in [-0.2, 0) is 16.8 Å². The Morgan fingerprint density at radius 2 is 2.00 bits per heavy atom. The van der Waals surface area contributed by atoms with Gasteiger partial charge in [0.1, 0.15) is 12.2 Å². The van der Waals surface area contributed by atoms with Gasteiger partial charge in [-0.05, 0) is 31.5 Å². The number of likely N-dealkylation sites (N-methyl/N-ethyl adjacent to an activating group) is 1. The van der Waals surface area contributed by atoms with E-state index in [0.717, 1.165) is 5.56 Å². The molecule has 2 aromatic rings. The van der Waals surface area contributed by atoms with Crippen LogP contribution in [0.4, 0.5) is 0 Å². The zero-order valence-electron chi connectivity index (χ0n) is 11.7. The number of amides is 1. The van der Waals surface area contributed by atoms with Crippen LogP contribution >= 0.6 is 11.6 Å². The summed E-state index contributed by atoms with van der Waals surface area (Å²) in [5.41, 5.74) is 0.302. The molecule has 1 N–H and O–H groups in total. The van der Waals surface area contributed by atoms with Gasteiger partial charge in [0.2, 0.25) is 5.91 Å². The molecule has 0 aliphatic carbocycles. The first-order valence-corrected chi connectivity index (χ1v) is 6.65. The van der Waals surface area contributed by atoms with Crippen molar-refractivity contribution in [2.24, 2.45) is 0 Å². The minimum atomic E-state index is -0.626. The summed E-state index contributed by atoms with van der Waals surface area (Å²) >= 11 is 5.88. The van der Waals surface area contributed by atoms with Gasteiger partial charge in [0.05, 0.1) is 12.0 Å². The van der Waals surface area contributed by atoms with Crippen LogP contribution in [0.3, 0.4) is 0 Å². The lowest BCUT2D eigenvalue weighted by atomic mass is 9.83. The number of nitrogens with one attached hydrogen (secondary N) is 1. The Balaban J connectivity index is 2.15. The number of hydrogen-bond acceptors (Lipinski definition) is 3. The number of benzene rings is 1. The fourth-order valence-corrected chi connectivity index (χ4v) is 2.20. The molecule has 0 saturated carbocycles. The highest BCUT2D eigenvalue weighted by molar-refractivity contribution is 6.30. The number of aromatic amines is 1. The second-order valence-corrected chi connectivity index (χ2v) is 5.66. The Morgan fingerprint density at radius 1 is 1.35 bits per heavy atom. The highest BCUT2D eigenvalue weighted by atomic mass is 35.5. The van der Waals surface area contributed by atoms with E-state index in [1.54, 1.807) is 24.1 Å². The number of hydrogen-bond donors (Lipinski definition) is 1. The number of aromatic nitrogens is 3. The molecule has 0 aliphatic rings. The Bertz CT molecular complexity index is 578. The van der Waals surface area contributed by atoms with Crippen molar-refractivity contribution in [3.63, 3.8) is 0 Å². The van der Waals surface area contributed by atoms with E-state index in [1.165, 1.54) is 6.33 Å². The van der Waals surface area contributed by atoms with Crippen LogP contribution < -0.4 is 0 Å². The molecule has 1 aromatic heterocycles. The maximum atomic E-state index is 12.6. The van der Waals surface area contributed by atoms with Gasteiger partial charge in [-0.15, -0.1) is 0 Å². The van der Waals surface area contributed by atoms with E-state index in [4.69, 9.17) is 11.6 Å². The summed E-state index contributed by atoms with van der Waals surface area (Å²) in [4.78, 5) is 18.3. The van der Waals surface area contributed by atoms with Crippen molar-refractivity contribution in [1.29, 1.82) is 0 Å². The fourth-order valence-electron chi connectivity index (χ4n) is 2.07. The van der Waals surface area contributed by atoms with Crippen LogP contribution in [0.1, 0.15) is 25.2 Å². The predicted molar refractivity (Wildman–Crippen MR) is 77.3 cm³/mol. The average Bonchev–Trinajstić information content (AvgIpc) is 2.91. The summed E-state index contributed by atoms with van der Waals surface area (Å²) in [7, 11) is 1.75. The topological polar surface area (TPSA) is 61.9 Å². The van der Waals surface area contributed by atoms with E-state index < -0.39 is 5.41 Å². The largest absolute Gasteiger partial charge is 0.337 e. The van der Waals surface area contributed by atoms with E-state index in [1.807, 2.05) is 26.0 Å². The zero-order valence-corrected chi connectivity index (χ0v) is 12.5. The molecule has 0 bridgehead atoms. The van der Waals surface area contributed by atoms with Crippen molar-refractivity contribution in [3.8, 4) is 0 Å². The molecule has 0 unspecified atom stereocenters. The molecule has 1 amide bonds. The molecular weight excluding hydrogens is 276 g/mol. The Morgan fingerprint density at radius 3 is 2.55 bits per heavy atom. The molecule has 0 radical (unpaired) electrons. The van der Waals surface area contributed by atoms with Gasteiger partial charge in [-0.2, -0.15) is 5.10 Å². The molecule has 5 nitrogen and oxygen atoms in total. The van der Waals surface area contributed by atoms with Crippen LogP contribution in [0.15, 0.2) is 30.6 Å². The summed E-state index contributed by atoms with van der Waals surface area (Å²) in [5.74, 6) is 0.670. The van der Waals surface area contributed by atoms with E-state index in [2.05, 4.69) is 15.2 Å². The maximum Gasteiger partial charge on any atom is 0.232 e. The number of H-pyrrole nitrogens is 1. The molecule has 0 spiro atoms. The van der Waals surface area contributed by atoms with Gasteiger partial charge < -0.3 is 4.90 Å². The first kappa shape index (κ1) is 14.5. The average molecular weight is 293 g/mol. The first-order valence-electron chi connectivity index (χ1n) is 6.27. The highest BCUT2D eigenvalue weighted by Crippen LogP contribution is 2.27. The molecule has 20 heavy (non-hydrogen) atoms. The monoisotopic (exact) mass is 292 g/mol. The number of halogens is 1. The molecule has 106 valence electrons. The van der Waals surface area contributed by atoms with Gasteiger partial charge in [0, 0.05) is 12.1 Å². The van der Waals surface area contributed by atoms with Crippen LogP contribution in [0.5, 0.6) is 0 Å². The number of nitrogens with zero attached hydrogens (tertiary/aromatic N) is 3. The maximum absolute atomic E-state index is 12.6.